The van der Waals surface area contributed by atoms with E-state index in [2.05, 4.69) is 9.98 Å². The summed E-state index contributed by atoms with van der Waals surface area (Å²) >= 11 is 0. The molecule has 1 N–H and O–H groups in total. The number of rotatable bonds is 6. The van der Waals surface area contributed by atoms with Gasteiger partial charge in [-0.05, 0) is 18.4 Å². The van der Waals surface area contributed by atoms with Crippen LogP contribution in [0.2, 0.25) is 0 Å². The van der Waals surface area contributed by atoms with Crippen LogP contribution in [0.25, 0.3) is 0 Å². The Kier molecular flexibility index (Phi) is 7.82. The molecule has 3 rings (SSSR count). The minimum atomic E-state index is -1.05. The van der Waals surface area contributed by atoms with Crippen molar-refractivity contribution in [1.29, 1.82) is 0 Å². The van der Waals surface area contributed by atoms with Crippen LogP contribution in [0.5, 0.6) is 0 Å². The molecule has 0 aromatic heterocycles. The number of aliphatic imine (C=N–C) groups is 2. The SMILES string of the molecule is COC1=N[C@H](C(C)C)C(OC)=N[C@H]1[C@@H](O)[C@@H]1O[C@H](C)OC[C@H]1OCc1ccccc1. The first-order valence-corrected chi connectivity index (χ1v) is 10.3. The molecule has 2 heterocycles. The fourth-order valence-electron chi connectivity index (χ4n) is 3.61. The van der Waals surface area contributed by atoms with E-state index in [0.717, 1.165) is 5.56 Å². The number of hydrogen-bond acceptors (Lipinski definition) is 8. The lowest BCUT2D eigenvalue weighted by atomic mass is 9.97. The molecule has 30 heavy (non-hydrogen) atoms. The lowest BCUT2D eigenvalue weighted by Gasteiger charge is -2.40. The zero-order chi connectivity index (χ0) is 21.7. The van der Waals surface area contributed by atoms with Crippen LogP contribution in [0.1, 0.15) is 26.3 Å². The standard InChI is InChI=1S/C22H32N2O6/c1-13(2)17-21(26-4)24-18(22(23-17)27-5)19(25)20-16(12-28-14(3)30-20)29-11-15-9-7-6-8-10-15/h6-10,13-14,16-20,25H,11-12H2,1-5H3/t14-,16-,17-,18+,19-,20-/m1/s1. The first-order chi connectivity index (χ1) is 14.4. The van der Waals surface area contributed by atoms with Gasteiger partial charge in [0.1, 0.15) is 24.4 Å². The van der Waals surface area contributed by atoms with Gasteiger partial charge < -0.3 is 28.8 Å². The molecule has 8 heteroatoms. The van der Waals surface area contributed by atoms with E-state index in [1.54, 1.807) is 14.0 Å². The smallest absolute Gasteiger partial charge is 0.212 e. The molecule has 0 radical (unpaired) electrons. The Balaban J connectivity index is 1.79. The molecule has 0 aliphatic carbocycles. The van der Waals surface area contributed by atoms with Crippen LogP contribution < -0.4 is 0 Å². The van der Waals surface area contributed by atoms with Crippen LogP contribution in [0.15, 0.2) is 40.3 Å². The van der Waals surface area contributed by atoms with Crippen LogP contribution in [0.4, 0.5) is 0 Å². The third-order valence-corrected chi connectivity index (χ3v) is 5.27. The van der Waals surface area contributed by atoms with E-state index in [-0.39, 0.29) is 12.0 Å². The summed E-state index contributed by atoms with van der Waals surface area (Å²) in [6.07, 6.45) is -2.66. The Hall–Kier alpha value is -2.00. The van der Waals surface area contributed by atoms with Gasteiger partial charge in [-0.15, -0.1) is 0 Å². The quantitative estimate of drug-likeness (QED) is 0.759. The number of hydrogen-bond donors (Lipinski definition) is 1. The van der Waals surface area contributed by atoms with E-state index in [0.29, 0.717) is 25.0 Å². The van der Waals surface area contributed by atoms with E-state index in [1.165, 1.54) is 7.11 Å². The Labute approximate surface area is 177 Å². The van der Waals surface area contributed by atoms with Gasteiger partial charge in [0, 0.05) is 0 Å². The van der Waals surface area contributed by atoms with Crippen LogP contribution in [0.3, 0.4) is 0 Å². The molecule has 6 atom stereocenters. The zero-order valence-electron chi connectivity index (χ0n) is 18.2. The molecule has 2 aliphatic rings. The maximum absolute atomic E-state index is 11.2. The summed E-state index contributed by atoms with van der Waals surface area (Å²) in [5.41, 5.74) is 1.03. The molecule has 0 spiro atoms. The predicted molar refractivity (Wildman–Crippen MR) is 113 cm³/mol. The van der Waals surface area contributed by atoms with Gasteiger partial charge in [0.2, 0.25) is 11.8 Å². The van der Waals surface area contributed by atoms with Crippen molar-refractivity contribution in [3.8, 4) is 0 Å². The summed E-state index contributed by atoms with van der Waals surface area (Å²) in [6.45, 7) is 6.54. The van der Waals surface area contributed by atoms with Gasteiger partial charge in [-0.2, -0.15) is 0 Å². The Morgan fingerprint density at radius 2 is 1.70 bits per heavy atom. The van der Waals surface area contributed by atoms with E-state index >= 15 is 0 Å². The van der Waals surface area contributed by atoms with E-state index in [1.807, 2.05) is 44.2 Å². The monoisotopic (exact) mass is 420 g/mol. The fraction of sp³-hybridized carbons (Fsp3) is 0.636. The fourth-order valence-corrected chi connectivity index (χ4v) is 3.61. The average Bonchev–Trinajstić information content (AvgIpc) is 2.77. The highest BCUT2D eigenvalue weighted by atomic mass is 16.7. The highest BCUT2D eigenvalue weighted by molar-refractivity contribution is 5.94. The average molecular weight is 421 g/mol. The number of aliphatic hydroxyl groups excluding tert-OH is 1. The van der Waals surface area contributed by atoms with E-state index in [9.17, 15) is 5.11 Å². The molecule has 1 fully saturated rings. The topological polar surface area (TPSA) is 91.1 Å². The van der Waals surface area contributed by atoms with Crippen molar-refractivity contribution in [1.82, 2.24) is 0 Å². The third kappa shape index (κ3) is 5.18. The minimum Gasteiger partial charge on any atom is -0.483 e. The zero-order valence-corrected chi connectivity index (χ0v) is 18.2. The highest BCUT2D eigenvalue weighted by Gasteiger charge is 2.44. The van der Waals surface area contributed by atoms with Crippen molar-refractivity contribution >= 4 is 11.8 Å². The number of aliphatic hydroxyl groups is 1. The van der Waals surface area contributed by atoms with Gasteiger partial charge in [0.05, 0.1) is 27.4 Å². The van der Waals surface area contributed by atoms with Gasteiger partial charge >= 0.3 is 0 Å². The molecule has 1 saturated heterocycles. The molecule has 8 nitrogen and oxygen atoms in total. The molecule has 0 unspecified atom stereocenters. The van der Waals surface area contributed by atoms with Crippen molar-refractivity contribution in [3.05, 3.63) is 35.9 Å². The first-order valence-electron chi connectivity index (χ1n) is 10.3. The molecule has 0 bridgehead atoms. The summed E-state index contributed by atoms with van der Waals surface area (Å²) in [6, 6.07) is 8.82. The molecular weight excluding hydrogens is 388 g/mol. The molecule has 0 amide bonds. The lowest BCUT2D eigenvalue weighted by Crippen LogP contribution is -2.56. The number of nitrogens with zero attached hydrogens (tertiary/aromatic N) is 2. The maximum atomic E-state index is 11.2. The maximum Gasteiger partial charge on any atom is 0.212 e. The molecule has 1 aromatic rings. The van der Waals surface area contributed by atoms with Gasteiger partial charge in [-0.1, -0.05) is 44.2 Å². The summed E-state index contributed by atoms with van der Waals surface area (Å²) < 4.78 is 28.5. The van der Waals surface area contributed by atoms with E-state index < -0.39 is 30.6 Å². The molecule has 0 saturated carbocycles. The number of methoxy groups -OCH3 is 2. The second kappa shape index (κ2) is 10.3. The largest absolute Gasteiger partial charge is 0.483 e. The normalized spacial score (nSPS) is 30.4. The van der Waals surface area contributed by atoms with E-state index in [4.69, 9.17) is 23.7 Å². The van der Waals surface area contributed by atoms with Crippen LogP contribution >= 0.6 is 0 Å². The number of benzene rings is 1. The van der Waals surface area contributed by atoms with Crippen LogP contribution in [-0.4, -0.2) is 74.4 Å². The van der Waals surface area contributed by atoms with Crippen molar-refractivity contribution in [2.24, 2.45) is 15.9 Å². The molecule has 1 aromatic carbocycles. The Morgan fingerprint density at radius 1 is 1.07 bits per heavy atom. The van der Waals surface area contributed by atoms with Gasteiger partial charge in [-0.3, -0.25) is 0 Å². The van der Waals surface area contributed by atoms with Gasteiger partial charge in [0.15, 0.2) is 12.3 Å². The Morgan fingerprint density at radius 3 is 2.33 bits per heavy atom. The molecular formula is C22H32N2O6. The lowest BCUT2D eigenvalue weighted by molar-refractivity contribution is -0.275. The van der Waals surface area contributed by atoms with Gasteiger partial charge in [-0.25, -0.2) is 9.98 Å². The van der Waals surface area contributed by atoms with Crippen LogP contribution in [-0.2, 0) is 30.3 Å². The minimum absolute atomic E-state index is 0.174. The summed E-state index contributed by atoms with van der Waals surface area (Å²) in [5, 5.41) is 11.2. The summed E-state index contributed by atoms with van der Waals surface area (Å²) in [7, 11) is 3.09. The van der Waals surface area contributed by atoms with Crippen molar-refractivity contribution in [2.75, 3.05) is 20.8 Å². The van der Waals surface area contributed by atoms with Gasteiger partial charge in [0.25, 0.3) is 0 Å². The van der Waals surface area contributed by atoms with Crippen molar-refractivity contribution in [2.45, 2.75) is 64.1 Å². The summed E-state index contributed by atoms with van der Waals surface area (Å²) in [5.74, 6) is 0.997. The first kappa shape index (κ1) is 22.7. The second-order valence-corrected chi connectivity index (χ2v) is 7.80. The predicted octanol–water partition coefficient (Wildman–Crippen LogP) is 2.19. The Bertz CT molecular complexity index is 738. The number of ether oxygens (including phenoxy) is 5. The second-order valence-electron chi connectivity index (χ2n) is 7.80. The van der Waals surface area contributed by atoms with Crippen molar-refractivity contribution in [3.63, 3.8) is 0 Å². The van der Waals surface area contributed by atoms with Crippen molar-refractivity contribution < 1.29 is 28.8 Å². The molecule has 166 valence electrons. The highest BCUT2D eigenvalue weighted by Crippen LogP contribution is 2.26. The molecule has 2 aliphatic heterocycles. The summed E-state index contributed by atoms with van der Waals surface area (Å²) in [4.78, 5) is 9.26. The van der Waals surface area contributed by atoms with Crippen LogP contribution in [0, 0.1) is 5.92 Å². The third-order valence-electron chi connectivity index (χ3n) is 5.27.